The summed E-state index contributed by atoms with van der Waals surface area (Å²) in [5, 5.41) is 0. The topological polar surface area (TPSA) is 32.5 Å². The maximum Gasteiger partial charge on any atom is 0.0367 e. The summed E-state index contributed by atoms with van der Waals surface area (Å²) in [7, 11) is 0. The van der Waals surface area contributed by atoms with E-state index >= 15 is 0 Å². The van der Waals surface area contributed by atoms with Crippen molar-refractivity contribution in [1.29, 1.82) is 0 Å². The normalized spacial score (nSPS) is 17.4. The highest BCUT2D eigenvalue weighted by atomic mass is 79.9. The quantitative estimate of drug-likeness (QED) is 0.922. The first-order chi connectivity index (χ1) is 8.29. The number of benzene rings is 1. The number of halogens is 1. The van der Waals surface area contributed by atoms with Gasteiger partial charge in [-0.3, -0.25) is 4.90 Å². The van der Waals surface area contributed by atoms with Crippen LogP contribution in [-0.2, 0) is 0 Å². The summed E-state index contributed by atoms with van der Waals surface area (Å²) in [5.41, 5.74) is 6.86. The van der Waals surface area contributed by atoms with Gasteiger partial charge in [0.1, 0.15) is 0 Å². The molecule has 0 bridgehead atoms. The van der Waals surface area contributed by atoms with Crippen LogP contribution in [0.25, 0.3) is 0 Å². The van der Waals surface area contributed by atoms with E-state index in [0.717, 1.165) is 50.2 Å². The number of hydrogen-bond acceptors (Lipinski definition) is 3. The van der Waals surface area contributed by atoms with E-state index in [4.69, 9.17) is 5.73 Å². The Morgan fingerprint density at radius 1 is 1.06 bits per heavy atom. The fourth-order valence-electron chi connectivity index (χ4n) is 2.20. The van der Waals surface area contributed by atoms with Gasteiger partial charge >= 0.3 is 0 Å². The molecule has 0 aliphatic carbocycles. The van der Waals surface area contributed by atoms with Crippen molar-refractivity contribution in [2.45, 2.75) is 6.42 Å². The molecule has 2 N–H and O–H groups in total. The van der Waals surface area contributed by atoms with Gasteiger partial charge in [0, 0.05) is 36.3 Å². The van der Waals surface area contributed by atoms with Gasteiger partial charge in [-0.2, -0.15) is 0 Å². The highest BCUT2D eigenvalue weighted by molar-refractivity contribution is 9.10. The lowest BCUT2D eigenvalue weighted by atomic mass is 10.2. The molecule has 0 spiro atoms. The van der Waals surface area contributed by atoms with Gasteiger partial charge in [-0.05, 0) is 43.8 Å². The summed E-state index contributed by atoms with van der Waals surface area (Å²) < 4.78 is 1.14. The molecule has 94 valence electrons. The Morgan fingerprint density at radius 2 is 1.71 bits per heavy atom. The zero-order chi connectivity index (χ0) is 12.1. The molecule has 2 rings (SSSR count). The molecule has 1 heterocycles. The van der Waals surface area contributed by atoms with Gasteiger partial charge in [0.2, 0.25) is 0 Å². The molecule has 3 nitrogen and oxygen atoms in total. The van der Waals surface area contributed by atoms with Gasteiger partial charge in [-0.1, -0.05) is 15.9 Å². The van der Waals surface area contributed by atoms with Crippen molar-refractivity contribution >= 4 is 21.6 Å². The van der Waals surface area contributed by atoms with Gasteiger partial charge in [0.15, 0.2) is 0 Å². The van der Waals surface area contributed by atoms with Crippen LogP contribution < -0.4 is 10.6 Å². The smallest absolute Gasteiger partial charge is 0.0367 e. The SMILES string of the molecule is NCCCN1CCN(c2ccc(Br)cc2)CC1. The van der Waals surface area contributed by atoms with Crippen LogP contribution in [0.4, 0.5) is 5.69 Å². The van der Waals surface area contributed by atoms with Gasteiger partial charge in [-0.25, -0.2) is 0 Å². The van der Waals surface area contributed by atoms with E-state index in [1.165, 1.54) is 5.69 Å². The van der Waals surface area contributed by atoms with Crippen molar-refractivity contribution in [2.24, 2.45) is 5.73 Å². The Labute approximate surface area is 112 Å². The number of hydrogen-bond donors (Lipinski definition) is 1. The second-order valence-electron chi connectivity index (χ2n) is 4.45. The van der Waals surface area contributed by atoms with E-state index in [9.17, 15) is 0 Å². The maximum atomic E-state index is 5.54. The number of nitrogens with zero attached hydrogens (tertiary/aromatic N) is 2. The first-order valence-electron chi connectivity index (χ1n) is 6.22. The van der Waals surface area contributed by atoms with Crippen LogP contribution in [0, 0.1) is 0 Å². The van der Waals surface area contributed by atoms with Crippen LogP contribution in [0.15, 0.2) is 28.7 Å². The van der Waals surface area contributed by atoms with Gasteiger partial charge in [0.25, 0.3) is 0 Å². The van der Waals surface area contributed by atoms with Crippen molar-refractivity contribution in [3.8, 4) is 0 Å². The molecule has 0 amide bonds. The van der Waals surface area contributed by atoms with Crippen LogP contribution in [0.2, 0.25) is 0 Å². The minimum atomic E-state index is 0.799. The first kappa shape index (κ1) is 12.9. The molecular weight excluding hydrogens is 278 g/mol. The highest BCUT2D eigenvalue weighted by Gasteiger charge is 2.16. The molecule has 0 aromatic heterocycles. The van der Waals surface area contributed by atoms with E-state index in [2.05, 4.69) is 50.0 Å². The number of anilines is 1. The van der Waals surface area contributed by atoms with E-state index in [-0.39, 0.29) is 0 Å². The first-order valence-corrected chi connectivity index (χ1v) is 7.02. The Bertz CT molecular complexity index is 331. The number of nitrogens with two attached hydrogens (primary N) is 1. The average molecular weight is 298 g/mol. The van der Waals surface area contributed by atoms with Crippen LogP contribution in [-0.4, -0.2) is 44.2 Å². The summed E-state index contributed by atoms with van der Waals surface area (Å²) in [4.78, 5) is 4.95. The molecule has 1 fully saturated rings. The van der Waals surface area contributed by atoms with E-state index in [1.807, 2.05) is 0 Å². The minimum Gasteiger partial charge on any atom is -0.369 e. The van der Waals surface area contributed by atoms with Gasteiger partial charge in [-0.15, -0.1) is 0 Å². The van der Waals surface area contributed by atoms with Crippen LogP contribution in [0.3, 0.4) is 0 Å². The Hall–Kier alpha value is -0.580. The molecule has 4 heteroatoms. The van der Waals surface area contributed by atoms with E-state index in [0.29, 0.717) is 0 Å². The molecule has 0 atom stereocenters. The van der Waals surface area contributed by atoms with Gasteiger partial charge < -0.3 is 10.6 Å². The van der Waals surface area contributed by atoms with E-state index in [1.54, 1.807) is 0 Å². The van der Waals surface area contributed by atoms with Crippen molar-refractivity contribution in [1.82, 2.24) is 4.90 Å². The number of rotatable bonds is 4. The fraction of sp³-hybridized carbons (Fsp3) is 0.538. The molecule has 1 aliphatic rings. The summed E-state index contributed by atoms with van der Waals surface area (Å²) in [6.07, 6.45) is 1.11. The Morgan fingerprint density at radius 3 is 2.29 bits per heavy atom. The lowest BCUT2D eigenvalue weighted by Gasteiger charge is -2.36. The fourth-order valence-corrected chi connectivity index (χ4v) is 2.46. The second-order valence-corrected chi connectivity index (χ2v) is 5.36. The third-order valence-electron chi connectivity index (χ3n) is 3.24. The predicted molar refractivity (Wildman–Crippen MR) is 76.5 cm³/mol. The third kappa shape index (κ3) is 3.69. The predicted octanol–water partition coefficient (Wildman–Crippen LogP) is 1.92. The molecule has 1 aromatic carbocycles. The zero-order valence-corrected chi connectivity index (χ0v) is 11.7. The standard InChI is InChI=1S/C13H20BrN3/c14-12-2-4-13(5-3-12)17-10-8-16(9-11-17)7-1-6-15/h2-5H,1,6-11,15H2. The lowest BCUT2D eigenvalue weighted by molar-refractivity contribution is 0.256. The van der Waals surface area contributed by atoms with Crippen molar-refractivity contribution in [2.75, 3.05) is 44.2 Å². The summed E-state index contributed by atoms with van der Waals surface area (Å²) in [5.74, 6) is 0. The van der Waals surface area contributed by atoms with Crippen LogP contribution in [0.1, 0.15) is 6.42 Å². The summed E-state index contributed by atoms with van der Waals surface area (Å²) in [6.45, 7) is 6.47. The zero-order valence-electron chi connectivity index (χ0n) is 10.1. The molecule has 0 saturated carbocycles. The monoisotopic (exact) mass is 297 g/mol. The Balaban J connectivity index is 1.84. The molecule has 0 radical (unpaired) electrons. The van der Waals surface area contributed by atoms with Crippen LogP contribution in [0.5, 0.6) is 0 Å². The average Bonchev–Trinajstić information content (AvgIpc) is 2.38. The molecule has 17 heavy (non-hydrogen) atoms. The maximum absolute atomic E-state index is 5.54. The summed E-state index contributed by atoms with van der Waals surface area (Å²) in [6, 6.07) is 8.57. The van der Waals surface area contributed by atoms with Crippen molar-refractivity contribution < 1.29 is 0 Å². The van der Waals surface area contributed by atoms with Crippen molar-refractivity contribution in [3.63, 3.8) is 0 Å². The molecule has 1 aliphatic heterocycles. The molecule has 1 aromatic rings. The second kappa shape index (κ2) is 6.38. The molecular formula is C13H20BrN3. The van der Waals surface area contributed by atoms with Gasteiger partial charge in [0.05, 0.1) is 0 Å². The largest absolute Gasteiger partial charge is 0.369 e. The van der Waals surface area contributed by atoms with Crippen LogP contribution >= 0.6 is 15.9 Å². The molecule has 0 unspecified atom stereocenters. The molecule has 1 saturated heterocycles. The van der Waals surface area contributed by atoms with E-state index < -0.39 is 0 Å². The third-order valence-corrected chi connectivity index (χ3v) is 3.77. The summed E-state index contributed by atoms with van der Waals surface area (Å²) >= 11 is 3.47. The highest BCUT2D eigenvalue weighted by Crippen LogP contribution is 2.19. The minimum absolute atomic E-state index is 0.799. The lowest BCUT2D eigenvalue weighted by Crippen LogP contribution is -2.46. The van der Waals surface area contributed by atoms with Crippen molar-refractivity contribution in [3.05, 3.63) is 28.7 Å². The Kier molecular flexibility index (Phi) is 4.83. The number of piperazine rings is 1.